The van der Waals surface area contributed by atoms with Crippen LogP contribution in [0.25, 0.3) is 0 Å². The van der Waals surface area contributed by atoms with Crippen molar-refractivity contribution in [3.8, 4) is 0 Å². The van der Waals surface area contributed by atoms with E-state index in [-0.39, 0.29) is 0 Å². The number of hydrogen-bond acceptors (Lipinski definition) is 3. The van der Waals surface area contributed by atoms with Crippen LogP contribution in [0.5, 0.6) is 0 Å². The van der Waals surface area contributed by atoms with Gasteiger partial charge in [-0.1, -0.05) is 33.6 Å². The van der Waals surface area contributed by atoms with Crippen molar-refractivity contribution in [1.82, 2.24) is 10.2 Å². The standard InChI is InChI=1S/C14H32N2O/c1-5-16(12-13-17-4)11-9-7-6-8-10-15-14(2)3/h14-15H,5-13H2,1-4H3. The molecule has 0 atom stereocenters. The first-order valence-electron chi connectivity index (χ1n) is 7.15. The van der Waals surface area contributed by atoms with Crippen LogP contribution in [0.1, 0.15) is 46.5 Å². The molecule has 0 radical (unpaired) electrons. The Bertz CT molecular complexity index is 151. The van der Waals surface area contributed by atoms with Gasteiger partial charge in [0.05, 0.1) is 6.61 Å². The van der Waals surface area contributed by atoms with Crippen LogP contribution in [-0.2, 0) is 4.74 Å². The Balaban J connectivity index is 3.24. The summed E-state index contributed by atoms with van der Waals surface area (Å²) >= 11 is 0. The summed E-state index contributed by atoms with van der Waals surface area (Å²) in [6.45, 7) is 12.1. The molecular weight excluding hydrogens is 212 g/mol. The summed E-state index contributed by atoms with van der Waals surface area (Å²) in [7, 11) is 1.77. The topological polar surface area (TPSA) is 24.5 Å². The summed E-state index contributed by atoms with van der Waals surface area (Å²) in [5.74, 6) is 0. The maximum atomic E-state index is 5.11. The number of nitrogens with one attached hydrogen (secondary N) is 1. The molecule has 0 amide bonds. The van der Waals surface area contributed by atoms with Crippen LogP contribution in [0.15, 0.2) is 0 Å². The van der Waals surface area contributed by atoms with Gasteiger partial charge in [-0.2, -0.15) is 0 Å². The van der Waals surface area contributed by atoms with E-state index in [1.54, 1.807) is 7.11 Å². The number of likely N-dealkylation sites (N-methyl/N-ethyl adjacent to an activating group) is 1. The van der Waals surface area contributed by atoms with Gasteiger partial charge >= 0.3 is 0 Å². The van der Waals surface area contributed by atoms with Crippen molar-refractivity contribution in [3.05, 3.63) is 0 Å². The Morgan fingerprint density at radius 1 is 1.06 bits per heavy atom. The molecule has 0 aliphatic rings. The minimum Gasteiger partial charge on any atom is -0.383 e. The summed E-state index contributed by atoms with van der Waals surface area (Å²) in [6, 6.07) is 0.625. The van der Waals surface area contributed by atoms with Crippen LogP contribution in [0.2, 0.25) is 0 Å². The lowest BCUT2D eigenvalue weighted by Crippen LogP contribution is -2.28. The molecule has 0 bridgehead atoms. The Labute approximate surface area is 108 Å². The quantitative estimate of drug-likeness (QED) is 0.534. The van der Waals surface area contributed by atoms with Crippen LogP contribution in [0, 0.1) is 0 Å². The molecule has 3 heteroatoms. The Morgan fingerprint density at radius 2 is 1.76 bits per heavy atom. The van der Waals surface area contributed by atoms with E-state index >= 15 is 0 Å². The lowest BCUT2D eigenvalue weighted by Gasteiger charge is -2.19. The van der Waals surface area contributed by atoms with E-state index in [2.05, 4.69) is 31.0 Å². The number of nitrogens with zero attached hydrogens (tertiary/aromatic N) is 1. The second-order valence-corrected chi connectivity index (χ2v) is 4.95. The number of hydrogen-bond donors (Lipinski definition) is 1. The highest BCUT2D eigenvalue weighted by molar-refractivity contribution is 4.57. The summed E-state index contributed by atoms with van der Waals surface area (Å²) in [5.41, 5.74) is 0. The van der Waals surface area contributed by atoms with Crippen molar-refractivity contribution >= 4 is 0 Å². The van der Waals surface area contributed by atoms with Crippen molar-refractivity contribution in [2.75, 3.05) is 39.9 Å². The van der Waals surface area contributed by atoms with Crippen LogP contribution in [-0.4, -0.2) is 50.8 Å². The second kappa shape index (κ2) is 12.3. The van der Waals surface area contributed by atoms with Gasteiger partial charge in [-0.3, -0.25) is 0 Å². The van der Waals surface area contributed by atoms with E-state index in [4.69, 9.17) is 4.74 Å². The normalized spacial score (nSPS) is 11.6. The van der Waals surface area contributed by atoms with Gasteiger partial charge in [0.25, 0.3) is 0 Å². The van der Waals surface area contributed by atoms with Crippen molar-refractivity contribution < 1.29 is 4.74 Å². The van der Waals surface area contributed by atoms with E-state index in [1.165, 1.54) is 38.8 Å². The fraction of sp³-hybridized carbons (Fsp3) is 1.00. The summed E-state index contributed by atoms with van der Waals surface area (Å²) in [5, 5.41) is 3.46. The number of rotatable bonds is 12. The molecule has 0 saturated carbocycles. The first kappa shape index (κ1) is 16.9. The zero-order chi connectivity index (χ0) is 12.9. The molecule has 17 heavy (non-hydrogen) atoms. The molecule has 0 aromatic carbocycles. The van der Waals surface area contributed by atoms with Crippen LogP contribution in [0.4, 0.5) is 0 Å². The number of ether oxygens (including phenoxy) is 1. The van der Waals surface area contributed by atoms with Gasteiger partial charge in [-0.25, -0.2) is 0 Å². The third-order valence-corrected chi connectivity index (χ3v) is 3.01. The molecule has 0 aliphatic heterocycles. The van der Waals surface area contributed by atoms with E-state index < -0.39 is 0 Å². The van der Waals surface area contributed by atoms with Gasteiger partial charge < -0.3 is 15.0 Å². The summed E-state index contributed by atoms with van der Waals surface area (Å²) < 4.78 is 5.11. The SMILES string of the molecule is CCN(CCCCCCNC(C)C)CCOC. The third kappa shape index (κ3) is 12.1. The molecule has 0 aromatic rings. The predicted molar refractivity (Wildman–Crippen MR) is 75.6 cm³/mol. The van der Waals surface area contributed by atoms with Gasteiger partial charge in [-0.15, -0.1) is 0 Å². The second-order valence-electron chi connectivity index (χ2n) is 4.95. The fourth-order valence-corrected chi connectivity index (χ4v) is 1.85. The lowest BCUT2D eigenvalue weighted by atomic mass is 10.2. The highest BCUT2D eigenvalue weighted by Gasteiger charge is 2.01. The average Bonchev–Trinajstić information content (AvgIpc) is 2.31. The van der Waals surface area contributed by atoms with Crippen molar-refractivity contribution in [2.45, 2.75) is 52.5 Å². The Kier molecular flexibility index (Phi) is 12.3. The first-order valence-corrected chi connectivity index (χ1v) is 7.15. The molecule has 0 rings (SSSR count). The van der Waals surface area contributed by atoms with Gasteiger partial charge in [0.1, 0.15) is 0 Å². The lowest BCUT2D eigenvalue weighted by molar-refractivity contribution is 0.149. The monoisotopic (exact) mass is 244 g/mol. The smallest absolute Gasteiger partial charge is 0.0589 e. The van der Waals surface area contributed by atoms with Gasteiger partial charge in [0, 0.05) is 19.7 Å². The van der Waals surface area contributed by atoms with Gasteiger partial charge in [0.15, 0.2) is 0 Å². The van der Waals surface area contributed by atoms with Crippen LogP contribution < -0.4 is 5.32 Å². The molecule has 3 nitrogen and oxygen atoms in total. The molecule has 0 unspecified atom stereocenters. The third-order valence-electron chi connectivity index (χ3n) is 3.01. The maximum Gasteiger partial charge on any atom is 0.0589 e. The largest absolute Gasteiger partial charge is 0.383 e. The molecule has 104 valence electrons. The van der Waals surface area contributed by atoms with E-state index in [1.807, 2.05) is 0 Å². The minimum absolute atomic E-state index is 0.625. The number of methoxy groups -OCH3 is 1. The molecule has 0 fully saturated rings. The first-order chi connectivity index (χ1) is 8.20. The number of unbranched alkanes of at least 4 members (excludes halogenated alkanes) is 3. The Hall–Kier alpha value is -0.120. The zero-order valence-corrected chi connectivity index (χ0v) is 12.3. The predicted octanol–water partition coefficient (Wildman–Crippen LogP) is 2.51. The van der Waals surface area contributed by atoms with E-state index in [9.17, 15) is 0 Å². The summed E-state index contributed by atoms with van der Waals surface area (Å²) in [4.78, 5) is 2.47. The van der Waals surface area contributed by atoms with Crippen molar-refractivity contribution in [1.29, 1.82) is 0 Å². The van der Waals surface area contributed by atoms with Crippen LogP contribution >= 0.6 is 0 Å². The van der Waals surface area contributed by atoms with Crippen molar-refractivity contribution in [3.63, 3.8) is 0 Å². The molecule has 0 heterocycles. The van der Waals surface area contributed by atoms with Gasteiger partial charge in [-0.05, 0) is 32.5 Å². The summed E-state index contributed by atoms with van der Waals surface area (Å²) in [6.07, 6.45) is 5.33. The van der Waals surface area contributed by atoms with Crippen LogP contribution in [0.3, 0.4) is 0 Å². The Morgan fingerprint density at radius 3 is 2.35 bits per heavy atom. The molecular formula is C14H32N2O. The molecule has 0 saturated heterocycles. The van der Waals surface area contributed by atoms with E-state index in [0.717, 1.165) is 19.7 Å². The average molecular weight is 244 g/mol. The highest BCUT2D eigenvalue weighted by atomic mass is 16.5. The maximum absolute atomic E-state index is 5.11. The minimum atomic E-state index is 0.625. The molecule has 0 aromatic heterocycles. The van der Waals surface area contributed by atoms with Crippen molar-refractivity contribution in [2.24, 2.45) is 0 Å². The van der Waals surface area contributed by atoms with E-state index in [0.29, 0.717) is 6.04 Å². The van der Waals surface area contributed by atoms with Gasteiger partial charge in [0.2, 0.25) is 0 Å². The molecule has 1 N–H and O–H groups in total. The highest BCUT2D eigenvalue weighted by Crippen LogP contribution is 2.01. The fourth-order valence-electron chi connectivity index (χ4n) is 1.85. The molecule has 0 aliphatic carbocycles. The zero-order valence-electron chi connectivity index (χ0n) is 12.3. The molecule has 0 spiro atoms.